The van der Waals surface area contributed by atoms with Gasteiger partial charge in [0.25, 0.3) is 0 Å². The molecule has 0 spiro atoms. The molecule has 0 aliphatic rings. The number of nitrogens with two attached hydrogens (primary N) is 1. The minimum absolute atomic E-state index is 0.0652. The van der Waals surface area contributed by atoms with Gasteiger partial charge < -0.3 is 0 Å². The van der Waals surface area contributed by atoms with Crippen molar-refractivity contribution in [1.82, 2.24) is 5.43 Å². The molecule has 0 bridgehead atoms. The lowest BCUT2D eigenvalue weighted by Crippen LogP contribution is -2.37. The molecule has 0 heterocycles. The van der Waals surface area contributed by atoms with Crippen LogP contribution in [0.3, 0.4) is 0 Å². The number of carbonyl (C=O) groups is 1. The second-order valence-electron chi connectivity index (χ2n) is 3.64. The fraction of sp³-hybridized carbons (Fsp3) is 0.417. The molecule has 0 fully saturated rings. The van der Waals surface area contributed by atoms with Crippen LogP contribution in [0.4, 0.5) is 0 Å². The Morgan fingerprint density at radius 1 is 1.50 bits per heavy atom. The van der Waals surface area contributed by atoms with E-state index in [1.165, 1.54) is 11.1 Å². The van der Waals surface area contributed by atoms with Crippen LogP contribution in [-0.2, 0) is 10.5 Å². The van der Waals surface area contributed by atoms with Gasteiger partial charge in [0.1, 0.15) is 0 Å². The zero-order valence-corrected chi connectivity index (χ0v) is 10.5. The SMILES string of the molecule is CCC(SCc1ccccc1C)C(=O)NN. The van der Waals surface area contributed by atoms with Crippen LogP contribution < -0.4 is 11.3 Å². The maximum atomic E-state index is 11.4. The Kier molecular flexibility index (Phi) is 5.35. The Bertz CT molecular complexity index is 355. The van der Waals surface area contributed by atoms with Gasteiger partial charge in [-0.3, -0.25) is 10.2 Å². The normalized spacial score (nSPS) is 12.2. The summed E-state index contributed by atoms with van der Waals surface area (Å²) in [5.74, 6) is 5.88. The van der Waals surface area contributed by atoms with Crippen LogP contribution >= 0.6 is 11.8 Å². The lowest BCUT2D eigenvalue weighted by atomic mass is 10.1. The van der Waals surface area contributed by atoms with Crippen LogP contribution in [0, 0.1) is 6.92 Å². The first-order valence-electron chi connectivity index (χ1n) is 5.35. The number of nitrogens with one attached hydrogen (secondary N) is 1. The van der Waals surface area contributed by atoms with Crippen molar-refractivity contribution in [3.63, 3.8) is 0 Å². The minimum Gasteiger partial charge on any atom is -0.293 e. The summed E-state index contributed by atoms with van der Waals surface area (Å²) in [7, 11) is 0. The first kappa shape index (κ1) is 13.1. The third-order valence-corrected chi connectivity index (χ3v) is 3.93. The molecule has 0 saturated carbocycles. The summed E-state index contributed by atoms with van der Waals surface area (Å²) in [4.78, 5) is 11.4. The van der Waals surface area contributed by atoms with E-state index in [0.717, 1.165) is 12.2 Å². The molecule has 0 radical (unpaired) electrons. The standard InChI is InChI=1S/C12H18N2OS/c1-3-11(12(15)14-13)16-8-10-7-5-4-6-9(10)2/h4-7,11H,3,8,13H2,1-2H3,(H,14,15). The van der Waals surface area contributed by atoms with Gasteiger partial charge >= 0.3 is 0 Å². The Balaban J connectivity index is 2.56. The fourth-order valence-corrected chi connectivity index (χ4v) is 2.59. The molecule has 0 aliphatic heterocycles. The number of hydrazine groups is 1. The first-order chi connectivity index (χ1) is 7.69. The van der Waals surface area contributed by atoms with Crippen LogP contribution in [0.5, 0.6) is 0 Å². The van der Waals surface area contributed by atoms with E-state index in [0.29, 0.717) is 0 Å². The van der Waals surface area contributed by atoms with Gasteiger partial charge in [0.2, 0.25) is 5.91 Å². The zero-order chi connectivity index (χ0) is 12.0. The number of rotatable bonds is 5. The second-order valence-corrected chi connectivity index (χ2v) is 4.83. The summed E-state index contributed by atoms with van der Waals surface area (Å²) in [6.45, 7) is 4.07. The number of hydrogen-bond donors (Lipinski definition) is 2. The van der Waals surface area contributed by atoms with Crippen molar-refractivity contribution in [1.29, 1.82) is 0 Å². The first-order valence-corrected chi connectivity index (χ1v) is 6.40. The molecule has 1 aromatic rings. The van der Waals surface area contributed by atoms with Crippen LogP contribution in [0.2, 0.25) is 0 Å². The van der Waals surface area contributed by atoms with Crippen molar-refractivity contribution in [2.75, 3.05) is 0 Å². The summed E-state index contributed by atoms with van der Waals surface area (Å²) >= 11 is 1.63. The number of hydrogen-bond acceptors (Lipinski definition) is 3. The third kappa shape index (κ3) is 3.54. The number of thioether (sulfide) groups is 1. The van der Waals surface area contributed by atoms with E-state index < -0.39 is 0 Å². The van der Waals surface area contributed by atoms with E-state index >= 15 is 0 Å². The van der Waals surface area contributed by atoms with Crippen LogP contribution in [0.25, 0.3) is 0 Å². The largest absolute Gasteiger partial charge is 0.293 e. The average Bonchev–Trinajstić information content (AvgIpc) is 2.31. The summed E-state index contributed by atoms with van der Waals surface area (Å²) in [5, 5.41) is -0.0652. The predicted molar refractivity (Wildman–Crippen MR) is 68.9 cm³/mol. The van der Waals surface area contributed by atoms with E-state index in [4.69, 9.17) is 5.84 Å². The molecule has 1 amide bonds. The highest BCUT2D eigenvalue weighted by Gasteiger charge is 2.15. The van der Waals surface area contributed by atoms with Crippen LogP contribution in [0.1, 0.15) is 24.5 Å². The van der Waals surface area contributed by atoms with Gasteiger partial charge in [0.05, 0.1) is 5.25 Å². The van der Waals surface area contributed by atoms with Crippen molar-refractivity contribution in [2.24, 2.45) is 5.84 Å². The molecule has 1 unspecified atom stereocenters. The minimum atomic E-state index is -0.0962. The van der Waals surface area contributed by atoms with E-state index in [1.807, 2.05) is 19.1 Å². The van der Waals surface area contributed by atoms with Gasteiger partial charge in [-0.25, -0.2) is 5.84 Å². The molecule has 0 saturated heterocycles. The zero-order valence-electron chi connectivity index (χ0n) is 9.69. The van der Waals surface area contributed by atoms with Gasteiger partial charge in [-0.05, 0) is 24.5 Å². The summed E-state index contributed by atoms with van der Waals surface area (Å²) < 4.78 is 0. The number of amides is 1. The molecule has 1 atom stereocenters. The van der Waals surface area contributed by atoms with Gasteiger partial charge in [-0.2, -0.15) is 0 Å². The van der Waals surface area contributed by atoms with Crippen molar-refractivity contribution in [2.45, 2.75) is 31.3 Å². The maximum Gasteiger partial charge on any atom is 0.246 e. The molecule has 1 aromatic carbocycles. The highest BCUT2D eigenvalue weighted by Crippen LogP contribution is 2.22. The van der Waals surface area contributed by atoms with Crippen molar-refractivity contribution in [3.05, 3.63) is 35.4 Å². The molecular formula is C12H18N2OS. The molecule has 88 valence electrons. The predicted octanol–water partition coefficient (Wildman–Crippen LogP) is 2.00. The quantitative estimate of drug-likeness (QED) is 0.468. The molecule has 3 nitrogen and oxygen atoms in total. The highest BCUT2D eigenvalue weighted by atomic mass is 32.2. The Hall–Kier alpha value is -1.00. The van der Waals surface area contributed by atoms with E-state index in [1.54, 1.807) is 11.8 Å². The average molecular weight is 238 g/mol. The van der Waals surface area contributed by atoms with Gasteiger partial charge in [-0.15, -0.1) is 11.8 Å². The Labute approximate surface area is 101 Å². The second kappa shape index (κ2) is 6.55. The lowest BCUT2D eigenvalue weighted by Gasteiger charge is -2.13. The summed E-state index contributed by atoms with van der Waals surface area (Å²) in [6.07, 6.45) is 0.791. The number of benzene rings is 1. The molecule has 0 aliphatic carbocycles. The molecule has 3 N–H and O–H groups in total. The maximum absolute atomic E-state index is 11.4. The van der Waals surface area contributed by atoms with Gasteiger partial charge in [0, 0.05) is 5.75 Å². The highest BCUT2D eigenvalue weighted by molar-refractivity contribution is 7.99. The van der Waals surface area contributed by atoms with Crippen molar-refractivity contribution in [3.8, 4) is 0 Å². The van der Waals surface area contributed by atoms with E-state index in [2.05, 4.69) is 24.5 Å². The smallest absolute Gasteiger partial charge is 0.246 e. The molecule has 16 heavy (non-hydrogen) atoms. The van der Waals surface area contributed by atoms with E-state index in [-0.39, 0.29) is 11.2 Å². The number of carbonyl (C=O) groups excluding carboxylic acids is 1. The van der Waals surface area contributed by atoms with Crippen molar-refractivity contribution < 1.29 is 4.79 Å². The topological polar surface area (TPSA) is 55.1 Å². The van der Waals surface area contributed by atoms with Crippen LogP contribution in [-0.4, -0.2) is 11.2 Å². The molecule has 1 rings (SSSR count). The monoisotopic (exact) mass is 238 g/mol. The number of aryl methyl sites for hydroxylation is 1. The van der Waals surface area contributed by atoms with E-state index in [9.17, 15) is 4.79 Å². The lowest BCUT2D eigenvalue weighted by molar-refractivity contribution is -0.120. The Morgan fingerprint density at radius 2 is 2.19 bits per heavy atom. The van der Waals surface area contributed by atoms with Crippen LogP contribution in [0.15, 0.2) is 24.3 Å². The van der Waals surface area contributed by atoms with Gasteiger partial charge in [0.15, 0.2) is 0 Å². The Morgan fingerprint density at radius 3 is 2.75 bits per heavy atom. The third-order valence-electron chi connectivity index (χ3n) is 2.51. The summed E-state index contributed by atoms with van der Waals surface area (Å²) in [6, 6.07) is 8.22. The fourth-order valence-electron chi connectivity index (χ4n) is 1.43. The van der Waals surface area contributed by atoms with Crippen molar-refractivity contribution >= 4 is 17.7 Å². The van der Waals surface area contributed by atoms with Gasteiger partial charge in [-0.1, -0.05) is 31.2 Å². The molecular weight excluding hydrogens is 220 g/mol. The molecule has 4 heteroatoms. The molecule has 0 aromatic heterocycles. The summed E-state index contributed by atoms with van der Waals surface area (Å²) in [5.41, 5.74) is 4.74.